The second-order valence-corrected chi connectivity index (χ2v) is 5.50. The highest BCUT2D eigenvalue weighted by molar-refractivity contribution is 5.89. The number of methoxy groups -OCH3 is 2. The summed E-state index contributed by atoms with van der Waals surface area (Å²) in [5, 5.41) is 2.81. The normalized spacial score (nSPS) is 10.4. The average Bonchev–Trinajstić information content (AvgIpc) is 3.08. The highest BCUT2D eigenvalue weighted by Gasteiger charge is 2.21. The molecule has 1 aromatic carbocycles. The van der Waals surface area contributed by atoms with Crippen molar-refractivity contribution in [2.75, 3.05) is 19.5 Å². The first kappa shape index (κ1) is 18.3. The van der Waals surface area contributed by atoms with Gasteiger partial charge in [-0.05, 0) is 38.1 Å². The summed E-state index contributed by atoms with van der Waals surface area (Å²) in [5.41, 5.74) is 0.705. The summed E-state index contributed by atoms with van der Waals surface area (Å²) in [6.45, 7) is 3.87. The van der Waals surface area contributed by atoms with Gasteiger partial charge in [0.25, 0.3) is 0 Å². The van der Waals surface area contributed by atoms with Crippen LogP contribution in [0, 0.1) is 0 Å². The second-order valence-electron chi connectivity index (χ2n) is 5.50. The van der Waals surface area contributed by atoms with Gasteiger partial charge in [-0.1, -0.05) is 0 Å². The van der Waals surface area contributed by atoms with Crippen LogP contribution in [-0.2, 0) is 11.3 Å². The van der Waals surface area contributed by atoms with Crippen LogP contribution in [0.1, 0.15) is 30.2 Å². The van der Waals surface area contributed by atoms with E-state index in [4.69, 9.17) is 9.15 Å². The van der Waals surface area contributed by atoms with Crippen LogP contribution in [0.15, 0.2) is 34.9 Å². The molecule has 0 aliphatic rings. The summed E-state index contributed by atoms with van der Waals surface area (Å²) in [6, 6.07) is 6.59. The van der Waals surface area contributed by atoms with Crippen LogP contribution in [-0.4, -0.2) is 42.1 Å². The number of esters is 1. The van der Waals surface area contributed by atoms with E-state index in [1.807, 2.05) is 13.8 Å². The Balaban J connectivity index is 2.07. The lowest BCUT2D eigenvalue weighted by Crippen LogP contribution is -2.39. The summed E-state index contributed by atoms with van der Waals surface area (Å²) >= 11 is 0. The van der Waals surface area contributed by atoms with E-state index >= 15 is 0 Å². The van der Waals surface area contributed by atoms with Crippen LogP contribution in [0.4, 0.5) is 10.5 Å². The van der Waals surface area contributed by atoms with Crippen molar-refractivity contribution in [3.8, 4) is 5.75 Å². The number of rotatable bonds is 6. The number of urea groups is 1. The molecule has 0 bridgehead atoms. The summed E-state index contributed by atoms with van der Waals surface area (Å²) in [5.74, 6) is 0.363. The highest BCUT2D eigenvalue weighted by atomic mass is 16.5. The number of benzene rings is 1. The van der Waals surface area contributed by atoms with Crippen LogP contribution in [0.25, 0.3) is 0 Å². The van der Waals surface area contributed by atoms with Gasteiger partial charge in [0.2, 0.25) is 5.89 Å². The topological polar surface area (TPSA) is 93.9 Å². The Morgan fingerprint density at radius 1 is 1.24 bits per heavy atom. The molecule has 8 nitrogen and oxygen atoms in total. The summed E-state index contributed by atoms with van der Waals surface area (Å²) in [4.78, 5) is 29.5. The summed E-state index contributed by atoms with van der Waals surface area (Å²) < 4.78 is 14.9. The average molecular weight is 347 g/mol. The Morgan fingerprint density at radius 3 is 2.48 bits per heavy atom. The van der Waals surface area contributed by atoms with E-state index in [2.05, 4.69) is 15.0 Å². The maximum Gasteiger partial charge on any atom is 0.360 e. The van der Waals surface area contributed by atoms with Gasteiger partial charge in [0.15, 0.2) is 5.69 Å². The third-order valence-electron chi connectivity index (χ3n) is 3.48. The highest BCUT2D eigenvalue weighted by Crippen LogP contribution is 2.17. The van der Waals surface area contributed by atoms with Crippen LogP contribution in [0.2, 0.25) is 0 Å². The van der Waals surface area contributed by atoms with Crippen molar-refractivity contribution in [1.82, 2.24) is 9.88 Å². The van der Waals surface area contributed by atoms with Crippen LogP contribution in [0.3, 0.4) is 0 Å². The van der Waals surface area contributed by atoms with Gasteiger partial charge < -0.3 is 24.1 Å². The van der Waals surface area contributed by atoms with E-state index in [0.29, 0.717) is 11.4 Å². The van der Waals surface area contributed by atoms with Crippen LogP contribution < -0.4 is 10.1 Å². The van der Waals surface area contributed by atoms with Gasteiger partial charge in [0, 0.05) is 11.7 Å². The zero-order valence-electron chi connectivity index (χ0n) is 14.6. The zero-order valence-corrected chi connectivity index (χ0v) is 14.6. The molecule has 2 amide bonds. The Labute approximate surface area is 145 Å². The molecule has 25 heavy (non-hydrogen) atoms. The number of hydrogen-bond donors (Lipinski definition) is 1. The third-order valence-corrected chi connectivity index (χ3v) is 3.48. The SMILES string of the molecule is COC(=O)c1coc(CN(C(=O)Nc2ccc(OC)cc2)C(C)C)n1. The first-order valence-corrected chi connectivity index (χ1v) is 7.69. The second kappa shape index (κ2) is 8.18. The molecule has 0 radical (unpaired) electrons. The van der Waals surface area contributed by atoms with Crippen molar-refractivity contribution in [2.24, 2.45) is 0 Å². The molecule has 0 saturated heterocycles. The number of carbonyl (C=O) groups is 2. The molecule has 0 unspecified atom stereocenters. The minimum absolute atomic E-state index is 0.0665. The molecular weight excluding hydrogens is 326 g/mol. The number of amides is 2. The van der Waals surface area contributed by atoms with Crippen molar-refractivity contribution in [3.05, 3.63) is 42.1 Å². The molecule has 2 rings (SSSR count). The number of aromatic nitrogens is 1. The van der Waals surface area contributed by atoms with E-state index < -0.39 is 5.97 Å². The first-order valence-electron chi connectivity index (χ1n) is 7.69. The predicted octanol–water partition coefficient (Wildman–Crippen LogP) is 2.91. The largest absolute Gasteiger partial charge is 0.497 e. The van der Waals surface area contributed by atoms with Gasteiger partial charge in [-0.3, -0.25) is 0 Å². The summed E-state index contributed by atoms with van der Waals surface area (Å²) in [7, 11) is 2.84. The number of anilines is 1. The predicted molar refractivity (Wildman–Crippen MR) is 90.5 cm³/mol. The third kappa shape index (κ3) is 4.72. The van der Waals surface area contributed by atoms with Crippen molar-refractivity contribution in [3.63, 3.8) is 0 Å². The van der Waals surface area contributed by atoms with Crippen LogP contribution >= 0.6 is 0 Å². The van der Waals surface area contributed by atoms with Gasteiger partial charge >= 0.3 is 12.0 Å². The molecule has 1 N–H and O–H groups in total. The van der Waals surface area contributed by atoms with Gasteiger partial charge in [0.1, 0.15) is 12.0 Å². The smallest absolute Gasteiger partial charge is 0.360 e. The molecule has 1 aromatic heterocycles. The lowest BCUT2D eigenvalue weighted by atomic mass is 10.3. The number of ether oxygens (including phenoxy) is 2. The van der Waals surface area contributed by atoms with Crippen molar-refractivity contribution < 1.29 is 23.5 Å². The molecule has 0 fully saturated rings. The lowest BCUT2D eigenvalue weighted by molar-refractivity contribution is 0.0594. The Hall–Kier alpha value is -3.03. The molecular formula is C17H21N3O5. The standard InChI is InChI=1S/C17H21N3O5/c1-11(2)20(9-15-19-14(10-25-15)16(21)24-4)17(22)18-12-5-7-13(23-3)8-6-12/h5-8,10-11H,9H2,1-4H3,(H,18,22). The van der Waals surface area contributed by atoms with Crippen LogP contribution in [0.5, 0.6) is 5.75 Å². The van der Waals surface area contributed by atoms with E-state index in [1.54, 1.807) is 31.4 Å². The number of nitrogens with zero attached hydrogens (tertiary/aromatic N) is 2. The van der Waals surface area contributed by atoms with Gasteiger partial charge in [0.05, 0.1) is 20.8 Å². The summed E-state index contributed by atoms with van der Waals surface area (Å²) in [6.07, 6.45) is 1.21. The fourth-order valence-corrected chi connectivity index (χ4v) is 2.09. The van der Waals surface area contributed by atoms with Gasteiger partial charge in [-0.25, -0.2) is 14.6 Å². The minimum Gasteiger partial charge on any atom is -0.497 e. The Kier molecular flexibility index (Phi) is 5.99. The van der Waals surface area contributed by atoms with Crippen molar-refractivity contribution >= 4 is 17.7 Å². The number of carbonyl (C=O) groups excluding carboxylic acids is 2. The number of oxazole rings is 1. The molecule has 8 heteroatoms. The lowest BCUT2D eigenvalue weighted by Gasteiger charge is -2.25. The molecule has 0 saturated carbocycles. The maximum absolute atomic E-state index is 12.5. The maximum atomic E-state index is 12.5. The Morgan fingerprint density at radius 2 is 1.92 bits per heavy atom. The minimum atomic E-state index is -0.589. The molecule has 134 valence electrons. The molecule has 0 spiro atoms. The monoisotopic (exact) mass is 347 g/mol. The fourth-order valence-electron chi connectivity index (χ4n) is 2.09. The molecule has 1 heterocycles. The van der Waals surface area contributed by atoms with Gasteiger partial charge in [-0.2, -0.15) is 0 Å². The van der Waals surface area contributed by atoms with Crippen molar-refractivity contribution in [1.29, 1.82) is 0 Å². The number of hydrogen-bond acceptors (Lipinski definition) is 6. The fraction of sp³-hybridized carbons (Fsp3) is 0.353. The molecule has 0 atom stereocenters. The number of nitrogens with one attached hydrogen (secondary N) is 1. The first-order chi connectivity index (χ1) is 11.9. The molecule has 0 aliphatic heterocycles. The quantitative estimate of drug-likeness (QED) is 0.808. The van der Waals surface area contributed by atoms with Gasteiger partial charge in [-0.15, -0.1) is 0 Å². The van der Waals surface area contributed by atoms with E-state index in [1.165, 1.54) is 18.3 Å². The zero-order chi connectivity index (χ0) is 18.4. The Bertz CT molecular complexity index is 724. The van der Waals surface area contributed by atoms with Crippen molar-refractivity contribution in [2.45, 2.75) is 26.4 Å². The van der Waals surface area contributed by atoms with E-state index in [9.17, 15) is 9.59 Å². The molecule has 0 aliphatic carbocycles. The molecule has 2 aromatic rings. The van der Waals surface area contributed by atoms with E-state index in [0.717, 1.165) is 0 Å². The van der Waals surface area contributed by atoms with E-state index in [-0.39, 0.29) is 30.2 Å².